The highest BCUT2D eigenvalue weighted by atomic mass is 16.5. The molecule has 10 nitrogen and oxygen atoms in total. The van der Waals surface area contributed by atoms with Crippen molar-refractivity contribution in [2.24, 2.45) is 0 Å². The molecular weight excluding hydrogens is 470 g/mol. The van der Waals surface area contributed by atoms with Crippen LogP contribution in [0.2, 0.25) is 0 Å². The maximum atomic E-state index is 11.9. The van der Waals surface area contributed by atoms with Gasteiger partial charge in [0.05, 0.1) is 31.6 Å². The molecule has 2 aromatic heterocycles. The van der Waals surface area contributed by atoms with E-state index in [0.717, 1.165) is 48.0 Å². The molecule has 37 heavy (non-hydrogen) atoms. The predicted molar refractivity (Wildman–Crippen MR) is 142 cm³/mol. The van der Waals surface area contributed by atoms with Crippen LogP contribution in [0.4, 0.5) is 16.3 Å². The maximum Gasteiger partial charge on any atom is 0.319 e. The first-order valence-corrected chi connectivity index (χ1v) is 12.9. The Bertz CT molecular complexity index is 1260. The van der Waals surface area contributed by atoms with E-state index >= 15 is 0 Å². The number of morpholine rings is 1. The van der Waals surface area contributed by atoms with Gasteiger partial charge in [0.2, 0.25) is 0 Å². The molecule has 0 aliphatic carbocycles. The number of carbonyl (C=O) groups is 1. The van der Waals surface area contributed by atoms with Crippen molar-refractivity contribution in [3.63, 3.8) is 0 Å². The van der Waals surface area contributed by atoms with E-state index in [1.165, 1.54) is 0 Å². The molecule has 2 N–H and O–H groups in total. The zero-order chi connectivity index (χ0) is 26.0. The summed E-state index contributed by atoms with van der Waals surface area (Å²) < 4.78 is 14.3. The zero-order valence-corrected chi connectivity index (χ0v) is 22.0. The van der Waals surface area contributed by atoms with Crippen molar-refractivity contribution in [3.8, 4) is 11.4 Å². The van der Waals surface area contributed by atoms with Crippen LogP contribution in [-0.2, 0) is 28.2 Å². The van der Waals surface area contributed by atoms with Crippen molar-refractivity contribution in [1.82, 2.24) is 24.8 Å². The first kappa shape index (κ1) is 25.2. The lowest BCUT2D eigenvalue weighted by Crippen LogP contribution is -2.44. The second-order valence-electron chi connectivity index (χ2n) is 9.81. The van der Waals surface area contributed by atoms with Crippen LogP contribution in [0.1, 0.15) is 44.3 Å². The Morgan fingerprint density at radius 2 is 2.05 bits per heavy atom. The number of hydrogen-bond acceptors (Lipinski definition) is 7. The lowest BCUT2D eigenvalue weighted by atomic mass is 9.95. The molecule has 2 amide bonds. The van der Waals surface area contributed by atoms with E-state index in [1.54, 1.807) is 0 Å². The zero-order valence-electron chi connectivity index (χ0n) is 22.0. The van der Waals surface area contributed by atoms with Gasteiger partial charge >= 0.3 is 6.03 Å². The smallest absolute Gasteiger partial charge is 0.319 e. The van der Waals surface area contributed by atoms with E-state index in [0.29, 0.717) is 37.9 Å². The van der Waals surface area contributed by atoms with Crippen molar-refractivity contribution in [3.05, 3.63) is 53.7 Å². The van der Waals surface area contributed by atoms with Gasteiger partial charge in [0.25, 0.3) is 0 Å². The first-order valence-electron chi connectivity index (χ1n) is 12.9. The highest BCUT2D eigenvalue weighted by Gasteiger charge is 2.41. The number of hydrogen-bond donors (Lipinski definition) is 2. The third-order valence-corrected chi connectivity index (χ3v) is 7.15. The molecule has 5 rings (SSSR count). The Morgan fingerprint density at radius 3 is 2.76 bits per heavy atom. The van der Waals surface area contributed by atoms with Gasteiger partial charge in [-0.15, -0.1) is 0 Å². The third-order valence-electron chi connectivity index (χ3n) is 7.15. The summed E-state index contributed by atoms with van der Waals surface area (Å²) in [5.74, 6) is 2.55. The van der Waals surface area contributed by atoms with Crippen LogP contribution in [0.5, 0.6) is 0 Å². The molecule has 196 valence electrons. The van der Waals surface area contributed by atoms with Gasteiger partial charge in [0.15, 0.2) is 5.82 Å². The third kappa shape index (κ3) is 5.17. The number of ether oxygens (including phenoxy) is 2. The Balaban J connectivity index is 1.50. The van der Waals surface area contributed by atoms with Gasteiger partial charge in [-0.2, -0.15) is 0 Å². The summed E-state index contributed by atoms with van der Waals surface area (Å²) in [6.07, 6.45) is 4.59. The van der Waals surface area contributed by atoms with E-state index in [9.17, 15) is 4.79 Å². The topological polar surface area (TPSA) is 106 Å². The number of aryl methyl sites for hydroxylation is 2. The lowest BCUT2D eigenvalue weighted by molar-refractivity contribution is -0.0346. The van der Waals surface area contributed by atoms with Crippen molar-refractivity contribution in [2.45, 2.75) is 58.9 Å². The molecule has 0 spiro atoms. The van der Waals surface area contributed by atoms with Gasteiger partial charge in [-0.3, -0.25) is 0 Å². The summed E-state index contributed by atoms with van der Waals surface area (Å²) >= 11 is 0. The molecule has 4 heterocycles. The van der Waals surface area contributed by atoms with Crippen LogP contribution in [-0.4, -0.2) is 57.9 Å². The lowest BCUT2D eigenvalue weighted by Gasteiger charge is -2.35. The molecule has 1 aromatic carbocycles. The van der Waals surface area contributed by atoms with Gasteiger partial charge < -0.3 is 29.6 Å². The molecule has 1 fully saturated rings. The minimum Gasteiger partial charge on any atom is -0.377 e. The standard InChI is InChI=1S/C27H35N7O3/c1-5-28-26(35)30-21-8-6-20(7-9-21)24-31-23-22(25(32-24)34-14-15-36-16-18(34)2)17-37-27(23,4)10-12-33-13-11-29-19(33)3/h6-9,11,13,18H,5,10,12,14-17H2,1-4H3,(H2,28,30,35)/t18-,27?/m0/s1. The Kier molecular flexibility index (Phi) is 7.12. The number of fused-ring (bicyclic) bond motifs is 1. The number of aromatic nitrogens is 4. The molecule has 0 saturated carbocycles. The second-order valence-corrected chi connectivity index (χ2v) is 9.81. The molecule has 0 radical (unpaired) electrons. The largest absolute Gasteiger partial charge is 0.377 e. The van der Waals surface area contributed by atoms with Gasteiger partial charge in [0, 0.05) is 48.8 Å². The Hall–Kier alpha value is -3.50. The van der Waals surface area contributed by atoms with E-state index in [-0.39, 0.29) is 12.1 Å². The SMILES string of the molecule is CCNC(=O)Nc1ccc(-c2nc(N3CCOC[C@@H]3C)c3c(n2)C(C)(CCn2ccnc2C)OC3)cc1. The molecule has 2 aliphatic rings. The molecule has 1 unspecified atom stereocenters. The predicted octanol–water partition coefficient (Wildman–Crippen LogP) is 3.85. The van der Waals surface area contributed by atoms with Gasteiger partial charge in [0.1, 0.15) is 17.2 Å². The summed E-state index contributed by atoms with van der Waals surface area (Å²) in [5.41, 5.74) is 3.03. The number of nitrogens with one attached hydrogen (secondary N) is 2. The van der Waals surface area contributed by atoms with Crippen LogP contribution in [0, 0.1) is 6.92 Å². The Labute approximate surface area is 217 Å². The van der Waals surface area contributed by atoms with Crippen molar-refractivity contribution in [2.75, 3.05) is 36.5 Å². The molecule has 0 bridgehead atoms. The molecular formula is C27H35N7O3. The number of anilines is 2. The van der Waals surface area contributed by atoms with E-state index < -0.39 is 5.60 Å². The summed E-state index contributed by atoms with van der Waals surface area (Å²) in [4.78, 5) is 28.7. The van der Waals surface area contributed by atoms with Gasteiger partial charge in [-0.1, -0.05) is 0 Å². The minimum atomic E-state index is -0.548. The molecule has 1 saturated heterocycles. The molecule has 2 aliphatic heterocycles. The molecule has 10 heteroatoms. The van der Waals surface area contributed by atoms with E-state index in [1.807, 2.05) is 50.5 Å². The number of benzene rings is 1. The number of nitrogens with zero attached hydrogens (tertiary/aromatic N) is 5. The second kappa shape index (κ2) is 10.5. The van der Waals surface area contributed by atoms with Crippen LogP contribution in [0.25, 0.3) is 11.4 Å². The molecule has 2 atom stereocenters. The average molecular weight is 506 g/mol. The molecule has 3 aromatic rings. The fraction of sp³-hybridized carbons (Fsp3) is 0.481. The summed E-state index contributed by atoms with van der Waals surface area (Å²) in [6.45, 7) is 12.1. The average Bonchev–Trinajstić information content (AvgIpc) is 3.46. The van der Waals surface area contributed by atoms with Gasteiger partial charge in [-0.25, -0.2) is 19.7 Å². The minimum absolute atomic E-state index is 0.199. The summed E-state index contributed by atoms with van der Waals surface area (Å²) in [7, 11) is 0. The van der Waals surface area contributed by atoms with Crippen LogP contribution in [0.3, 0.4) is 0 Å². The van der Waals surface area contributed by atoms with Crippen LogP contribution >= 0.6 is 0 Å². The number of carbonyl (C=O) groups excluding carboxylic acids is 1. The summed E-state index contributed by atoms with van der Waals surface area (Å²) in [6, 6.07) is 7.60. The first-order chi connectivity index (χ1) is 17.9. The number of amides is 2. The number of urea groups is 1. The highest BCUT2D eigenvalue weighted by molar-refractivity contribution is 5.89. The van der Waals surface area contributed by atoms with Crippen molar-refractivity contribution in [1.29, 1.82) is 0 Å². The normalized spacial score (nSPS) is 21.1. The van der Waals surface area contributed by atoms with Crippen LogP contribution in [0.15, 0.2) is 36.7 Å². The van der Waals surface area contributed by atoms with Crippen LogP contribution < -0.4 is 15.5 Å². The number of rotatable bonds is 7. The fourth-order valence-electron chi connectivity index (χ4n) is 4.95. The van der Waals surface area contributed by atoms with Gasteiger partial charge in [-0.05, 0) is 58.4 Å². The Morgan fingerprint density at radius 1 is 1.24 bits per heavy atom. The number of imidazole rings is 1. The summed E-state index contributed by atoms with van der Waals surface area (Å²) in [5, 5.41) is 5.58. The van der Waals surface area contributed by atoms with E-state index in [2.05, 4.69) is 38.9 Å². The highest BCUT2D eigenvalue weighted by Crippen LogP contribution is 2.43. The maximum absolute atomic E-state index is 11.9. The van der Waals surface area contributed by atoms with Crippen molar-refractivity contribution >= 4 is 17.5 Å². The quantitative estimate of drug-likeness (QED) is 0.502. The van der Waals surface area contributed by atoms with E-state index in [4.69, 9.17) is 19.4 Å². The van der Waals surface area contributed by atoms with Crippen molar-refractivity contribution < 1.29 is 14.3 Å². The fourth-order valence-corrected chi connectivity index (χ4v) is 4.95. The monoisotopic (exact) mass is 505 g/mol.